The van der Waals surface area contributed by atoms with Crippen molar-refractivity contribution >= 4 is 17.4 Å². The highest BCUT2D eigenvalue weighted by Gasteiger charge is 2.20. The number of amides is 1. The second-order valence-corrected chi connectivity index (χ2v) is 6.98. The van der Waals surface area contributed by atoms with Crippen molar-refractivity contribution in [1.82, 2.24) is 24.6 Å². The number of hydrogen-bond donors (Lipinski definition) is 1. The summed E-state index contributed by atoms with van der Waals surface area (Å²) in [6.07, 6.45) is 7.17. The number of halogens is 1. The highest BCUT2D eigenvalue weighted by molar-refractivity contribution is 5.92. The molecule has 1 amide bonds. The van der Waals surface area contributed by atoms with Crippen LogP contribution < -0.4 is 10.2 Å². The Hall–Kier alpha value is -3.33. The van der Waals surface area contributed by atoms with Gasteiger partial charge in [-0.05, 0) is 24.3 Å². The quantitative estimate of drug-likeness (QED) is 0.710. The molecule has 4 rings (SSSR count). The molecule has 1 N–H and O–H groups in total. The van der Waals surface area contributed by atoms with E-state index >= 15 is 0 Å². The molecule has 0 spiro atoms. The molecular formula is C20H22FN7O. The molecule has 1 saturated heterocycles. The molecular weight excluding hydrogens is 373 g/mol. The molecule has 0 aliphatic carbocycles. The minimum Gasteiger partial charge on any atom is -0.353 e. The molecule has 150 valence electrons. The van der Waals surface area contributed by atoms with E-state index in [0.29, 0.717) is 12.2 Å². The van der Waals surface area contributed by atoms with E-state index < -0.39 is 0 Å². The van der Waals surface area contributed by atoms with Gasteiger partial charge in [0.1, 0.15) is 11.6 Å². The minimum atomic E-state index is -0.324. The van der Waals surface area contributed by atoms with Gasteiger partial charge in [0.05, 0.1) is 30.8 Å². The maximum absolute atomic E-state index is 13.0. The maximum atomic E-state index is 13.0. The number of carbonyl (C=O) groups excluding carboxylic acids is 1. The highest BCUT2D eigenvalue weighted by atomic mass is 19.1. The number of piperazine rings is 1. The summed E-state index contributed by atoms with van der Waals surface area (Å²) in [6, 6.07) is 5.77. The van der Waals surface area contributed by atoms with E-state index in [2.05, 4.69) is 25.2 Å². The average Bonchev–Trinajstić information content (AvgIpc) is 3.17. The molecule has 0 unspecified atom stereocenters. The molecule has 0 bridgehead atoms. The third kappa shape index (κ3) is 4.75. The Kier molecular flexibility index (Phi) is 5.48. The molecule has 0 atom stereocenters. The van der Waals surface area contributed by atoms with Crippen LogP contribution in [0.1, 0.15) is 0 Å². The molecule has 1 aliphatic heterocycles. The summed E-state index contributed by atoms with van der Waals surface area (Å²) in [5.74, 6) is 0.389. The van der Waals surface area contributed by atoms with Crippen molar-refractivity contribution in [3.05, 3.63) is 54.9 Å². The van der Waals surface area contributed by atoms with Crippen LogP contribution in [0.4, 0.5) is 15.9 Å². The lowest BCUT2D eigenvalue weighted by atomic mass is 10.2. The fraction of sp³-hybridized carbons (Fsp3) is 0.300. The van der Waals surface area contributed by atoms with Crippen molar-refractivity contribution in [2.24, 2.45) is 7.05 Å². The van der Waals surface area contributed by atoms with Crippen molar-refractivity contribution in [1.29, 1.82) is 0 Å². The SMILES string of the molecule is Cn1cc(-c2cncc(N3CCN(CC(=O)Nc4ccc(F)cc4)CC3)n2)cn1. The fourth-order valence-corrected chi connectivity index (χ4v) is 3.27. The van der Waals surface area contributed by atoms with Gasteiger partial charge in [0.25, 0.3) is 0 Å². The number of hydrogen-bond acceptors (Lipinski definition) is 6. The van der Waals surface area contributed by atoms with Crippen molar-refractivity contribution in [3.63, 3.8) is 0 Å². The molecule has 1 aromatic carbocycles. The molecule has 9 heteroatoms. The Labute approximate surface area is 168 Å². The number of benzene rings is 1. The van der Waals surface area contributed by atoms with Crippen molar-refractivity contribution in [3.8, 4) is 11.3 Å². The second kappa shape index (κ2) is 8.36. The standard InChI is InChI=1S/C20H22FN7O/c1-26-13-15(10-23-26)18-11-22-12-19(25-18)28-8-6-27(7-9-28)14-20(29)24-17-4-2-16(21)3-5-17/h2-5,10-13H,6-9,14H2,1H3,(H,24,29). The summed E-state index contributed by atoms with van der Waals surface area (Å²) >= 11 is 0. The van der Waals surface area contributed by atoms with Crippen LogP contribution in [-0.2, 0) is 11.8 Å². The summed E-state index contributed by atoms with van der Waals surface area (Å²) in [4.78, 5) is 25.5. The van der Waals surface area contributed by atoms with Crippen molar-refractivity contribution in [2.45, 2.75) is 0 Å². The van der Waals surface area contributed by atoms with Gasteiger partial charge in [0.2, 0.25) is 5.91 Å². The molecule has 0 saturated carbocycles. The molecule has 1 fully saturated rings. The molecule has 29 heavy (non-hydrogen) atoms. The number of nitrogens with one attached hydrogen (secondary N) is 1. The fourth-order valence-electron chi connectivity index (χ4n) is 3.27. The van der Waals surface area contributed by atoms with Crippen molar-refractivity contribution in [2.75, 3.05) is 42.9 Å². The number of anilines is 2. The van der Waals surface area contributed by atoms with Crippen molar-refractivity contribution < 1.29 is 9.18 Å². The van der Waals surface area contributed by atoms with Crippen LogP contribution >= 0.6 is 0 Å². The normalized spacial score (nSPS) is 14.8. The minimum absolute atomic E-state index is 0.108. The van der Waals surface area contributed by atoms with E-state index in [9.17, 15) is 9.18 Å². The number of rotatable bonds is 5. The molecule has 3 aromatic rings. The van der Waals surface area contributed by atoms with Crippen LogP contribution in [-0.4, -0.2) is 63.3 Å². The number of nitrogens with zero attached hydrogens (tertiary/aromatic N) is 6. The Morgan fingerprint density at radius 2 is 1.86 bits per heavy atom. The third-order valence-corrected chi connectivity index (χ3v) is 4.81. The zero-order valence-corrected chi connectivity index (χ0v) is 16.1. The van der Waals surface area contributed by atoms with Crippen LogP contribution in [0, 0.1) is 5.82 Å². The summed E-state index contributed by atoms with van der Waals surface area (Å²) in [5, 5.41) is 6.97. The molecule has 3 heterocycles. The summed E-state index contributed by atoms with van der Waals surface area (Å²) in [7, 11) is 1.87. The van der Waals surface area contributed by atoms with E-state index in [1.165, 1.54) is 12.1 Å². The monoisotopic (exact) mass is 395 g/mol. The molecule has 1 aliphatic rings. The van der Waals surface area contributed by atoms with Crippen LogP contribution in [0.15, 0.2) is 49.1 Å². The van der Waals surface area contributed by atoms with E-state index in [-0.39, 0.29) is 11.7 Å². The third-order valence-electron chi connectivity index (χ3n) is 4.81. The first-order valence-electron chi connectivity index (χ1n) is 9.40. The number of aromatic nitrogens is 4. The van der Waals surface area contributed by atoms with Gasteiger partial charge in [0.15, 0.2) is 0 Å². The van der Waals surface area contributed by atoms with Gasteiger partial charge in [0, 0.05) is 50.7 Å². The topological polar surface area (TPSA) is 79.2 Å². The van der Waals surface area contributed by atoms with Crippen LogP contribution in [0.25, 0.3) is 11.3 Å². The van der Waals surface area contributed by atoms with Gasteiger partial charge in [-0.25, -0.2) is 9.37 Å². The van der Waals surface area contributed by atoms with E-state index in [1.807, 2.05) is 13.2 Å². The van der Waals surface area contributed by atoms with Crippen LogP contribution in [0.2, 0.25) is 0 Å². The summed E-state index contributed by atoms with van der Waals surface area (Å²) < 4.78 is 14.7. The van der Waals surface area contributed by atoms with Crippen LogP contribution in [0.3, 0.4) is 0 Å². The lowest BCUT2D eigenvalue weighted by Crippen LogP contribution is -2.49. The Bertz CT molecular complexity index is 981. The zero-order chi connectivity index (χ0) is 20.2. The number of aryl methyl sites for hydroxylation is 1. The first-order valence-corrected chi connectivity index (χ1v) is 9.40. The van der Waals surface area contributed by atoms with E-state index in [0.717, 1.165) is 43.3 Å². The summed E-state index contributed by atoms with van der Waals surface area (Å²) in [5.41, 5.74) is 2.31. The zero-order valence-electron chi connectivity index (χ0n) is 16.1. The van der Waals surface area contributed by atoms with E-state index in [4.69, 9.17) is 4.98 Å². The van der Waals surface area contributed by atoms with Gasteiger partial charge in [-0.1, -0.05) is 0 Å². The Morgan fingerprint density at radius 1 is 1.10 bits per heavy atom. The van der Waals surface area contributed by atoms with Gasteiger partial charge in [-0.2, -0.15) is 5.10 Å². The maximum Gasteiger partial charge on any atom is 0.238 e. The van der Waals surface area contributed by atoms with Gasteiger partial charge >= 0.3 is 0 Å². The Balaban J connectivity index is 1.31. The van der Waals surface area contributed by atoms with E-state index in [1.54, 1.807) is 35.4 Å². The number of carbonyl (C=O) groups is 1. The van der Waals surface area contributed by atoms with Gasteiger partial charge in [-0.3, -0.25) is 19.4 Å². The lowest BCUT2D eigenvalue weighted by Gasteiger charge is -2.34. The highest BCUT2D eigenvalue weighted by Crippen LogP contribution is 2.19. The largest absolute Gasteiger partial charge is 0.353 e. The molecule has 2 aromatic heterocycles. The predicted octanol–water partition coefficient (Wildman–Crippen LogP) is 1.78. The first kappa shape index (κ1) is 19.0. The average molecular weight is 395 g/mol. The molecule has 8 nitrogen and oxygen atoms in total. The lowest BCUT2D eigenvalue weighted by molar-refractivity contribution is -0.117. The second-order valence-electron chi connectivity index (χ2n) is 6.98. The van der Waals surface area contributed by atoms with Crippen LogP contribution in [0.5, 0.6) is 0 Å². The van der Waals surface area contributed by atoms with Gasteiger partial charge < -0.3 is 10.2 Å². The molecule has 0 radical (unpaired) electrons. The summed E-state index contributed by atoms with van der Waals surface area (Å²) in [6.45, 7) is 3.31. The smallest absolute Gasteiger partial charge is 0.238 e. The predicted molar refractivity (Wildman–Crippen MR) is 108 cm³/mol. The first-order chi connectivity index (χ1) is 14.1. The van der Waals surface area contributed by atoms with Gasteiger partial charge in [-0.15, -0.1) is 0 Å². The Morgan fingerprint density at radius 3 is 2.55 bits per heavy atom.